The maximum Gasteiger partial charge on any atom is 0.215 e. The monoisotopic (exact) mass is 190 g/mol. The van der Waals surface area contributed by atoms with E-state index in [1.165, 1.54) is 4.31 Å². The minimum absolute atomic E-state index is 0.0419. The summed E-state index contributed by atoms with van der Waals surface area (Å²) >= 11 is 0. The zero-order chi connectivity index (χ0) is 9.19. The molecule has 0 amide bonds. The Kier molecular flexibility index (Phi) is 2.87. The summed E-state index contributed by atoms with van der Waals surface area (Å²) in [6.07, 6.45) is 0.782. The van der Waals surface area contributed by atoms with E-state index in [0.29, 0.717) is 13.1 Å². The molecule has 1 rings (SSSR count). The van der Waals surface area contributed by atoms with Gasteiger partial charge >= 0.3 is 0 Å². The van der Waals surface area contributed by atoms with Crippen LogP contribution in [0.4, 0.5) is 0 Å². The molecule has 0 spiro atoms. The maximum absolute atomic E-state index is 11.4. The summed E-state index contributed by atoms with van der Waals surface area (Å²) in [5, 5.41) is 0. The Labute approximate surface area is 73.1 Å². The summed E-state index contributed by atoms with van der Waals surface area (Å²) in [4.78, 5) is 0. The molecule has 0 aromatic carbocycles. The Morgan fingerprint density at radius 2 is 2.25 bits per heavy atom. The Balaban J connectivity index is 2.64. The molecule has 0 aromatic rings. The van der Waals surface area contributed by atoms with Gasteiger partial charge in [-0.3, -0.25) is 0 Å². The van der Waals surface area contributed by atoms with E-state index >= 15 is 0 Å². The first kappa shape index (κ1) is 9.70. The second-order valence-corrected chi connectivity index (χ2v) is 5.03. The summed E-state index contributed by atoms with van der Waals surface area (Å²) in [6, 6.07) is 0. The molecule has 4 nitrogen and oxygen atoms in total. The molecule has 1 saturated heterocycles. The van der Waals surface area contributed by atoms with Gasteiger partial charge in [0, 0.05) is 19.6 Å². The van der Waals surface area contributed by atoms with Crippen molar-refractivity contribution in [3.63, 3.8) is 0 Å². The van der Waals surface area contributed by atoms with E-state index in [0.717, 1.165) is 12.0 Å². The summed E-state index contributed by atoms with van der Waals surface area (Å²) in [7, 11) is -3.10. The standard InChI is InChI=1S/C7H14N2O2S/c1-7-2-4-9(6-7)12(10,11)5-3-8/h1-6,8H2. The summed E-state index contributed by atoms with van der Waals surface area (Å²) in [5.74, 6) is 0.0419. The molecule has 0 atom stereocenters. The van der Waals surface area contributed by atoms with Gasteiger partial charge in [0.1, 0.15) is 0 Å². The molecule has 0 bridgehead atoms. The van der Waals surface area contributed by atoms with Crippen molar-refractivity contribution in [3.05, 3.63) is 12.2 Å². The molecule has 5 heteroatoms. The second-order valence-electron chi connectivity index (χ2n) is 2.94. The Hall–Kier alpha value is -0.390. The lowest BCUT2D eigenvalue weighted by molar-refractivity contribution is 0.482. The van der Waals surface area contributed by atoms with Crippen LogP contribution in [0.15, 0.2) is 12.2 Å². The number of hydrogen-bond acceptors (Lipinski definition) is 3. The summed E-state index contributed by atoms with van der Waals surface area (Å²) in [5.41, 5.74) is 6.17. The summed E-state index contributed by atoms with van der Waals surface area (Å²) < 4.78 is 24.2. The minimum atomic E-state index is -3.10. The normalized spacial score (nSPS) is 20.2. The average molecular weight is 190 g/mol. The topological polar surface area (TPSA) is 63.4 Å². The van der Waals surface area contributed by atoms with Gasteiger partial charge in [0.05, 0.1) is 5.75 Å². The quantitative estimate of drug-likeness (QED) is 0.612. The number of nitrogens with zero attached hydrogens (tertiary/aromatic N) is 1. The molecule has 70 valence electrons. The van der Waals surface area contributed by atoms with Crippen LogP contribution >= 0.6 is 0 Å². The zero-order valence-corrected chi connectivity index (χ0v) is 7.81. The molecule has 1 aliphatic rings. The fraction of sp³-hybridized carbons (Fsp3) is 0.714. The zero-order valence-electron chi connectivity index (χ0n) is 6.99. The van der Waals surface area contributed by atoms with Crippen molar-refractivity contribution < 1.29 is 8.42 Å². The van der Waals surface area contributed by atoms with E-state index in [1.807, 2.05) is 0 Å². The highest BCUT2D eigenvalue weighted by molar-refractivity contribution is 7.89. The molecule has 0 aliphatic carbocycles. The molecule has 12 heavy (non-hydrogen) atoms. The highest BCUT2D eigenvalue weighted by Gasteiger charge is 2.25. The van der Waals surface area contributed by atoms with Gasteiger partial charge in [0.2, 0.25) is 10.0 Å². The first-order valence-electron chi connectivity index (χ1n) is 3.91. The first-order valence-corrected chi connectivity index (χ1v) is 5.52. The molecule has 0 saturated carbocycles. The lowest BCUT2D eigenvalue weighted by Gasteiger charge is -2.13. The number of hydrogen-bond donors (Lipinski definition) is 1. The van der Waals surface area contributed by atoms with E-state index in [-0.39, 0.29) is 12.3 Å². The molecule has 1 fully saturated rings. The van der Waals surface area contributed by atoms with Crippen LogP contribution in [0.25, 0.3) is 0 Å². The third kappa shape index (κ3) is 2.06. The molecule has 1 aliphatic heterocycles. The highest BCUT2D eigenvalue weighted by Crippen LogP contribution is 2.16. The SMILES string of the molecule is C=C1CCN(S(=O)(=O)CCN)C1. The van der Waals surface area contributed by atoms with Crippen LogP contribution in [-0.4, -0.2) is 38.1 Å². The van der Waals surface area contributed by atoms with Gasteiger partial charge in [-0.05, 0) is 6.42 Å². The van der Waals surface area contributed by atoms with Crippen LogP contribution in [0, 0.1) is 0 Å². The number of nitrogens with two attached hydrogens (primary N) is 1. The number of sulfonamides is 1. The maximum atomic E-state index is 11.4. The van der Waals surface area contributed by atoms with Crippen molar-refractivity contribution in [3.8, 4) is 0 Å². The van der Waals surface area contributed by atoms with E-state index in [1.54, 1.807) is 0 Å². The Bertz CT molecular complexity index is 271. The van der Waals surface area contributed by atoms with Gasteiger partial charge in [-0.2, -0.15) is 4.31 Å². The third-order valence-electron chi connectivity index (χ3n) is 1.88. The van der Waals surface area contributed by atoms with Gasteiger partial charge in [-0.1, -0.05) is 12.2 Å². The Morgan fingerprint density at radius 1 is 1.58 bits per heavy atom. The van der Waals surface area contributed by atoms with Crippen molar-refractivity contribution in [2.24, 2.45) is 5.73 Å². The van der Waals surface area contributed by atoms with E-state index in [4.69, 9.17) is 5.73 Å². The van der Waals surface area contributed by atoms with Crippen LogP contribution in [0.5, 0.6) is 0 Å². The van der Waals surface area contributed by atoms with Crippen LogP contribution in [0.1, 0.15) is 6.42 Å². The fourth-order valence-electron chi connectivity index (χ4n) is 1.21. The predicted molar refractivity (Wildman–Crippen MR) is 48.2 cm³/mol. The number of rotatable bonds is 3. The van der Waals surface area contributed by atoms with Gasteiger partial charge in [-0.15, -0.1) is 0 Å². The smallest absolute Gasteiger partial charge is 0.215 e. The molecule has 2 N–H and O–H groups in total. The fourth-order valence-corrected chi connectivity index (χ4v) is 2.51. The van der Waals surface area contributed by atoms with Gasteiger partial charge in [-0.25, -0.2) is 8.42 Å². The molecule has 0 aromatic heterocycles. The average Bonchev–Trinajstić information content (AvgIpc) is 2.36. The van der Waals surface area contributed by atoms with Crippen molar-refractivity contribution >= 4 is 10.0 Å². The molecule has 0 unspecified atom stereocenters. The van der Waals surface area contributed by atoms with Crippen molar-refractivity contribution in [2.45, 2.75) is 6.42 Å². The summed E-state index contributed by atoms with van der Waals surface area (Å²) in [6.45, 7) is 4.97. The highest BCUT2D eigenvalue weighted by atomic mass is 32.2. The second kappa shape index (κ2) is 3.55. The molecule has 1 heterocycles. The van der Waals surface area contributed by atoms with Crippen molar-refractivity contribution in [1.29, 1.82) is 0 Å². The van der Waals surface area contributed by atoms with E-state index in [9.17, 15) is 8.42 Å². The largest absolute Gasteiger partial charge is 0.329 e. The lowest BCUT2D eigenvalue weighted by atomic mass is 10.3. The van der Waals surface area contributed by atoms with Gasteiger partial charge in [0.15, 0.2) is 0 Å². The molecular weight excluding hydrogens is 176 g/mol. The minimum Gasteiger partial charge on any atom is -0.329 e. The van der Waals surface area contributed by atoms with E-state index in [2.05, 4.69) is 6.58 Å². The predicted octanol–water partition coefficient (Wildman–Crippen LogP) is -0.463. The molecule has 0 radical (unpaired) electrons. The van der Waals surface area contributed by atoms with Gasteiger partial charge in [0.25, 0.3) is 0 Å². The third-order valence-corrected chi connectivity index (χ3v) is 3.73. The van der Waals surface area contributed by atoms with Crippen LogP contribution in [0.2, 0.25) is 0 Å². The molecular formula is C7H14N2O2S. The van der Waals surface area contributed by atoms with E-state index < -0.39 is 10.0 Å². The van der Waals surface area contributed by atoms with Crippen LogP contribution < -0.4 is 5.73 Å². The first-order chi connectivity index (χ1) is 5.56. The van der Waals surface area contributed by atoms with Crippen molar-refractivity contribution in [2.75, 3.05) is 25.4 Å². The van der Waals surface area contributed by atoms with Crippen LogP contribution in [0.3, 0.4) is 0 Å². The van der Waals surface area contributed by atoms with Gasteiger partial charge < -0.3 is 5.73 Å². The van der Waals surface area contributed by atoms with Crippen molar-refractivity contribution in [1.82, 2.24) is 4.31 Å². The Morgan fingerprint density at radius 3 is 2.67 bits per heavy atom. The lowest BCUT2D eigenvalue weighted by Crippen LogP contribution is -2.32. The van der Waals surface area contributed by atoms with Crippen LogP contribution in [-0.2, 0) is 10.0 Å².